The summed E-state index contributed by atoms with van der Waals surface area (Å²) in [6, 6.07) is 9.79. The van der Waals surface area contributed by atoms with Crippen LogP contribution in [0.5, 0.6) is 0 Å². The molecule has 0 spiro atoms. The fraction of sp³-hybridized carbons (Fsp3) is 0.333. The molecule has 4 atom stereocenters. The third-order valence-electron chi connectivity index (χ3n) is 4.15. The molecular formula is C18H18ClFN6OSe. The van der Waals surface area contributed by atoms with Crippen LogP contribution in [0.1, 0.15) is 6.23 Å². The molecule has 3 aromatic rings. The first kappa shape index (κ1) is 19.3. The zero-order valence-corrected chi connectivity index (χ0v) is 17.7. The molecule has 0 bridgehead atoms. The fourth-order valence-electron chi connectivity index (χ4n) is 2.88. The van der Waals surface area contributed by atoms with Crippen LogP contribution in [-0.2, 0) is 4.74 Å². The van der Waals surface area contributed by atoms with E-state index in [1.165, 1.54) is 12.7 Å². The van der Waals surface area contributed by atoms with Gasteiger partial charge in [-0.3, -0.25) is 0 Å². The van der Waals surface area contributed by atoms with Crippen molar-refractivity contribution in [3.8, 4) is 0 Å². The van der Waals surface area contributed by atoms with Gasteiger partial charge in [-0.2, -0.15) is 0 Å². The summed E-state index contributed by atoms with van der Waals surface area (Å²) in [5.74, 6) is 0.415. The predicted octanol–water partition coefficient (Wildman–Crippen LogP) is 2.30. The van der Waals surface area contributed by atoms with Gasteiger partial charge in [-0.05, 0) is 0 Å². The Bertz CT molecular complexity index is 985. The summed E-state index contributed by atoms with van der Waals surface area (Å²) in [5, 5.41) is 0. The molecule has 0 amide bonds. The predicted molar refractivity (Wildman–Crippen MR) is 107 cm³/mol. The van der Waals surface area contributed by atoms with Crippen molar-refractivity contribution in [1.29, 1.82) is 0 Å². The van der Waals surface area contributed by atoms with E-state index in [4.69, 9.17) is 16.3 Å². The standard InChI is InChI=1S/C18H18ClFN6OSe/c1-25(2)9-24-16-13-17(22-8-21-16)26(10-23-13)18-12(20)14(15(19)27-18)28-11-6-4-3-5-7-11/h3-10,12,14-15,18H,1-2H3/t12-,14+,15-,18+/m0/s1. The second-order valence-electron chi connectivity index (χ2n) is 6.45. The van der Waals surface area contributed by atoms with Crippen molar-refractivity contribution in [2.45, 2.75) is 22.8 Å². The Kier molecular flexibility index (Phi) is 5.59. The van der Waals surface area contributed by atoms with Gasteiger partial charge in [0.2, 0.25) is 0 Å². The summed E-state index contributed by atoms with van der Waals surface area (Å²) >= 11 is 6.20. The molecule has 1 aliphatic heterocycles. The Morgan fingerprint density at radius 3 is 2.79 bits per heavy atom. The van der Waals surface area contributed by atoms with Gasteiger partial charge in [-0.25, -0.2) is 0 Å². The van der Waals surface area contributed by atoms with Crippen LogP contribution in [0.25, 0.3) is 11.2 Å². The van der Waals surface area contributed by atoms with Crippen LogP contribution in [0, 0.1) is 0 Å². The number of benzene rings is 1. The van der Waals surface area contributed by atoms with Crippen LogP contribution >= 0.6 is 11.6 Å². The molecule has 0 saturated carbocycles. The summed E-state index contributed by atoms with van der Waals surface area (Å²) in [4.78, 5) is 18.4. The van der Waals surface area contributed by atoms with E-state index in [9.17, 15) is 0 Å². The maximum atomic E-state index is 15.3. The molecule has 4 rings (SSSR count). The van der Waals surface area contributed by atoms with Gasteiger partial charge in [0, 0.05) is 0 Å². The van der Waals surface area contributed by atoms with E-state index in [0.29, 0.717) is 17.0 Å². The molecular weight excluding hydrogens is 450 g/mol. The van der Waals surface area contributed by atoms with Crippen molar-refractivity contribution < 1.29 is 9.13 Å². The van der Waals surface area contributed by atoms with E-state index >= 15 is 4.39 Å². The number of imidazole rings is 1. The van der Waals surface area contributed by atoms with Crippen LogP contribution in [0.3, 0.4) is 0 Å². The van der Waals surface area contributed by atoms with Gasteiger partial charge in [0.25, 0.3) is 0 Å². The number of aromatic nitrogens is 4. The Labute approximate surface area is 172 Å². The molecule has 2 aromatic heterocycles. The quantitative estimate of drug-likeness (QED) is 0.249. The molecule has 1 aromatic carbocycles. The van der Waals surface area contributed by atoms with Crippen LogP contribution in [-0.4, -0.2) is 71.5 Å². The van der Waals surface area contributed by atoms with Gasteiger partial charge >= 0.3 is 173 Å². The van der Waals surface area contributed by atoms with Crippen molar-refractivity contribution >= 4 is 54.3 Å². The molecule has 10 heteroatoms. The molecule has 1 saturated heterocycles. The van der Waals surface area contributed by atoms with E-state index in [-0.39, 0.29) is 15.0 Å². The van der Waals surface area contributed by atoms with Crippen molar-refractivity contribution in [3.63, 3.8) is 0 Å². The SMILES string of the molecule is CN(C)C=Nc1ncnc2c1ncn2[C@@H]1O[C@H](Cl)[C@H]([Se]c2ccccc2)[C@@H]1F. The molecule has 7 nitrogen and oxygen atoms in total. The Morgan fingerprint density at radius 2 is 2.04 bits per heavy atom. The molecule has 0 aliphatic carbocycles. The zero-order valence-electron chi connectivity index (χ0n) is 15.2. The van der Waals surface area contributed by atoms with Gasteiger partial charge in [0.1, 0.15) is 0 Å². The van der Waals surface area contributed by atoms with E-state index in [2.05, 4.69) is 19.9 Å². The first-order chi connectivity index (χ1) is 13.5. The number of hydrogen-bond acceptors (Lipinski definition) is 5. The second kappa shape index (κ2) is 8.13. The summed E-state index contributed by atoms with van der Waals surface area (Å²) < 4.78 is 23.7. The van der Waals surface area contributed by atoms with Crippen molar-refractivity contribution in [3.05, 3.63) is 43.0 Å². The molecule has 0 N–H and O–H groups in total. The Hall–Kier alpha value is -2.06. The van der Waals surface area contributed by atoms with Gasteiger partial charge < -0.3 is 0 Å². The molecule has 3 heterocycles. The molecule has 28 heavy (non-hydrogen) atoms. The Balaban J connectivity index is 1.62. The summed E-state index contributed by atoms with van der Waals surface area (Å²) in [6.07, 6.45) is 2.35. The molecule has 146 valence electrons. The number of aliphatic imine (C=N–C) groups is 1. The minimum absolute atomic E-state index is 0.158. The first-order valence-electron chi connectivity index (χ1n) is 8.58. The molecule has 1 aliphatic rings. The van der Waals surface area contributed by atoms with Crippen LogP contribution in [0.15, 0.2) is 48.0 Å². The number of nitrogens with zero attached hydrogens (tertiary/aromatic N) is 6. The van der Waals surface area contributed by atoms with Crippen molar-refractivity contribution in [2.24, 2.45) is 4.99 Å². The van der Waals surface area contributed by atoms with E-state index in [0.717, 1.165) is 4.46 Å². The van der Waals surface area contributed by atoms with Crippen LogP contribution in [0.2, 0.25) is 4.82 Å². The summed E-state index contributed by atoms with van der Waals surface area (Å²) in [6.45, 7) is 0. The number of alkyl halides is 2. The first-order valence-corrected chi connectivity index (χ1v) is 10.9. The van der Waals surface area contributed by atoms with Gasteiger partial charge in [0.05, 0.1) is 0 Å². The fourth-order valence-corrected chi connectivity index (χ4v) is 5.62. The number of rotatable bonds is 5. The maximum absolute atomic E-state index is 15.3. The topological polar surface area (TPSA) is 68.4 Å². The number of ether oxygens (including phenoxy) is 1. The third-order valence-corrected chi connectivity index (χ3v) is 7.64. The summed E-state index contributed by atoms with van der Waals surface area (Å²) in [7, 11) is 3.71. The van der Waals surface area contributed by atoms with Gasteiger partial charge in [-0.15, -0.1) is 0 Å². The monoisotopic (exact) mass is 468 g/mol. The molecule has 1 fully saturated rings. The average Bonchev–Trinajstić information content (AvgIpc) is 3.23. The third kappa shape index (κ3) is 3.75. The van der Waals surface area contributed by atoms with Gasteiger partial charge in [0.15, 0.2) is 0 Å². The average molecular weight is 468 g/mol. The molecule has 0 unspecified atom stereocenters. The van der Waals surface area contributed by atoms with Gasteiger partial charge in [-0.1, -0.05) is 0 Å². The number of fused-ring (bicyclic) bond motifs is 1. The van der Waals surface area contributed by atoms with Crippen molar-refractivity contribution in [1.82, 2.24) is 24.4 Å². The van der Waals surface area contributed by atoms with E-state index in [1.54, 1.807) is 15.8 Å². The minimum atomic E-state index is -1.27. The van der Waals surface area contributed by atoms with Crippen molar-refractivity contribution in [2.75, 3.05) is 14.1 Å². The number of hydrogen-bond donors (Lipinski definition) is 0. The van der Waals surface area contributed by atoms with Crippen LogP contribution in [0.4, 0.5) is 10.2 Å². The van der Waals surface area contributed by atoms with Crippen LogP contribution < -0.4 is 4.46 Å². The normalized spacial score (nSPS) is 25.0. The molecule has 0 radical (unpaired) electrons. The van der Waals surface area contributed by atoms with E-state index < -0.39 is 22.8 Å². The zero-order chi connectivity index (χ0) is 19.7. The Morgan fingerprint density at radius 1 is 1.25 bits per heavy atom. The number of halogens is 2. The summed E-state index contributed by atoms with van der Waals surface area (Å²) in [5.41, 5.74) is 0.232. The van der Waals surface area contributed by atoms with E-state index in [1.807, 2.05) is 44.4 Å². The second-order valence-corrected chi connectivity index (χ2v) is 9.50.